The van der Waals surface area contributed by atoms with Gasteiger partial charge < -0.3 is 20.5 Å². The summed E-state index contributed by atoms with van der Waals surface area (Å²) in [6.45, 7) is 7.80. The van der Waals surface area contributed by atoms with Crippen molar-refractivity contribution in [2.45, 2.75) is 44.8 Å². The lowest BCUT2D eigenvalue weighted by Gasteiger charge is -2.26. The first-order valence-corrected chi connectivity index (χ1v) is 8.28. The summed E-state index contributed by atoms with van der Waals surface area (Å²) in [6, 6.07) is 8.11. The lowest BCUT2D eigenvalue weighted by Crippen LogP contribution is -2.45. The van der Waals surface area contributed by atoms with Crippen molar-refractivity contribution in [3.05, 3.63) is 35.4 Å². The van der Waals surface area contributed by atoms with Crippen molar-refractivity contribution in [3.63, 3.8) is 0 Å². The summed E-state index contributed by atoms with van der Waals surface area (Å²) in [4.78, 5) is 4.56. The van der Waals surface area contributed by atoms with Crippen LogP contribution in [0, 0.1) is 0 Å². The minimum atomic E-state index is -0.830. The molecule has 0 radical (unpaired) electrons. The number of fused-ring (bicyclic) bond motifs is 1. The summed E-state index contributed by atoms with van der Waals surface area (Å²) < 4.78 is 5.40. The molecule has 2 rings (SSSR count). The van der Waals surface area contributed by atoms with Crippen LogP contribution in [0.1, 0.15) is 38.3 Å². The van der Waals surface area contributed by atoms with E-state index in [4.69, 9.17) is 4.74 Å². The molecule has 0 bridgehead atoms. The predicted molar refractivity (Wildman–Crippen MR) is 93.7 cm³/mol. The first-order valence-electron chi connectivity index (χ1n) is 8.28. The number of aryl methyl sites for hydroxylation is 1. The number of nitrogens with zero attached hydrogens (tertiary/aromatic N) is 1. The van der Waals surface area contributed by atoms with E-state index in [2.05, 4.69) is 21.7 Å². The van der Waals surface area contributed by atoms with Crippen molar-refractivity contribution in [1.82, 2.24) is 10.6 Å². The van der Waals surface area contributed by atoms with Crippen LogP contribution in [-0.2, 0) is 16.8 Å². The van der Waals surface area contributed by atoms with Crippen molar-refractivity contribution in [1.29, 1.82) is 0 Å². The van der Waals surface area contributed by atoms with Gasteiger partial charge in [-0.25, -0.2) is 0 Å². The zero-order chi connectivity index (χ0) is 16.9. The molecule has 0 aromatic heterocycles. The average Bonchev–Trinajstić information content (AvgIpc) is 2.88. The molecule has 1 aliphatic rings. The highest BCUT2D eigenvalue weighted by Gasteiger charge is 2.36. The predicted octanol–water partition coefficient (Wildman–Crippen LogP) is 1.80. The maximum atomic E-state index is 11.0. The third-order valence-electron chi connectivity index (χ3n) is 4.39. The second-order valence-electron chi connectivity index (χ2n) is 6.70. The van der Waals surface area contributed by atoms with Crippen LogP contribution < -0.4 is 10.6 Å². The van der Waals surface area contributed by atoms with E-state index in [9.17, 15) is 5.11 Å². The maximum Gasteiger partial charge on any atom is 0.191 e. The Labute approximate surface area is 139 Å². The number of aliphatic imine (C=N–C) groups is 1. The number of hydrogen-bond donors (Lipinski definition) is 3. The van der Waals surface area contributed by atoms with Crippen LogP contribution in [0.5, 0.6) is 0 Å². The van der Waals surface area contributed by atoms with E-state index < -0.39 is 5.60 Å². The van der Waals surface area contributed by atoms with Crippen molar-refractivity contribution >= 4 is 5.96 Å². The summed E-state index contributed by atoms with van der Waals surface area (Å²) in [7, 11) is 1.69. The van der Waals surface area contributed by atoms with Gasteiger partial charge in [0, 0.05) is 13.7 Å². The Hall–Kier alpha value is -1.59. The summed E-state index contributed by atoms with van der Waals surface area (Å²) in [5, 5.41) is 17.5. The Bertz CT molecular complexity index is 557. The average molecular weight is 319 g/mol. The van der Waals surface area contributed by atoms with Crippen LogP contribution in [0.4, 0.5) is 0 Å². The van der Waals surface area contributed by atoms with Crippen LogP contribution >= 0.6 is 0 Å². The molecule has 0 amide bonds. The molecule has 3 N–H and O–H groups in total. The second-order valence-corrected chi connectivity index (χ2v) is 6.70. The fourth-order valence-corrected chi connectivity index (χ4v) is 2.76. The fraction of sp³-hybridized carbons (Fsp3) is 0.611. The standard InChI is InChI=1S/C18H29N3O2/c1-5-19-16(20-12-17(2,3)23-4)21-13-18(22)11-10-14-8-6-7-9-15(14)18/h6-9,22H,5,10-13H2,1-4H3,(H2,19,20,21). The Kier molecular flexibility index (Phi) is 5.65. The minimum absolute atomic E-state index is 0.306. The molecule has 23 heavy (non-hydrogen) atoms. The fourth-order valence-electron chi connectivity index (χ4n) is 2.76. The summed E-state index contributed by atoms with van der Waals surface area (Å²) in [6.07, 6.45) is 1.65. The normalized spacial score (nSPS) is 21.2. The van der Waals surface area contributed by atoms with Crippen LogP contribution in [-0.4, -0.2) is 43.4 Å². The monoisotopic (exact) mass is 319 g/mol. The number of ether oxygens (including phenoxy) is 1. The molecule has 128 valence electrons. The summed E-state index contributed by atoms with van der Waals surface area (Å²) in [5.74, 6) is 0.704. The number of rotatable bonds is 6. The molecule has 1 atom stereocenters. The van der Waals surface area contributed by atoms with E-state index in [1.54, 1.807) is 7.11 Å². The van der Waals surface area contributed by atoms with E-state index >= 15 is 0 Å². The second kappa shape index (κ2) is 7.32. The molecular weight excluding hydrogens is 290 g/mol. The van der Waals surface area contributed by atoms with Crippen molar-refractivity contribution in [2.24, 2.45) is 4.99 Å². The van der Waals surface area contributed by atoms with Gasteiger partial charge >= 0.3 is 0 Å². The molecule has 1 aliphatic carbocycles. The van der Waals surface area contributed by atoms with E-state index in [0.29, 0.717) is 19.0 Å². The van der Waals surface area contributed by atoms with Gasteiger partial charge in [-0.1, -0.05) is 24.3 Å². The zero-order valence-corrected chi connectivity index (χ0v) is 14.6. The largest absolute Gasteiger partial charge is 0.383 e. The van der Waals surface area contributed by atoms with Crippen LogP contribution in [0.15, 0.2) is 29.3 Å². The molecule has 0 saturated heterocycles. The van der Waals surface area contributed by atoms with E-state index in [-0.39, 0.29) is 5.60 Å². The Balaban J connectivity index is 2.03. The number of aliphatic hydroxyl groups is 1. The highest BCUT2D eigenvalue weighted by atomic mass is 16.5. The molecule has 0 spiro atoms. The van der Waals surface area contributed by atoms with Gasteiger partial charge in [-0.2, -0.15) is 0 Å². The molecule has 0 aliphatic heterocycles. The van der Waals surface area contributed by atoms with Gasteiger partial charge in [0.2, 0.25) is 0 Å². The van der Waals surface area contributed by atoms with Gasteiger partial charge in [-0.15, -0.1) is 0 Å². The third-order valence-corrected chi connectivity index (χ3v) is 4.39. The third kappa shape index (κ3) is 4.45. The maximum absolute atomic E-state index is 11.0. The molecule has 0 fully saturated rings. The zero-order valence-electron chi connectivity index (χ0n) is 14.6. The molecule has 5 heteroatoms. The van der Waals surface area contributed by atoms with Crippen molar-refractivity contribution < 1.29 is 9.84 Å². The first kappa shape index (κ1) is 17.8. The number of nitrogens with one attached hydrogen (secondary N) is 2. The van der Waals surface area contributed by atoms with Crippen LogP contribution in [0.3, 0.4) is 0 Å². The quantitative estimate of drug-likeness (QED) is 0.552. The molecular formula is C18H29N3O2. The molecule has 0 heterocycles. The highest BCUT2D eigenvalue weighted by Crippen LogP contribution is 2.36. The van der Waals surface area contributed by atoms with Crippen molar-refractivity contribution in [2.75, 3.05) is 26.7 Å². The Morgan fingerprint density at radius 1 is 1.35 bits per heavy atom. The SMILES string of the molecule is CCNC(=NCC(C)(C)OC)NCC1(O)CCc2ccccc21. The number of guanidine groups is 1. The van der Waals surface area contributed by atoms with Gasteiger partial charge in [-0.3, -0.25) is 4.99 Å². The van der Waals surface area contributed by atoms with Gasteiger partial charge in [0.15, 0.2) is 5.96 Å². The molecule has 1 unspecified atom stereocenters. The summed E-state index contributed by atoms with van der Waals surface area (Å²) >= 11 is 0. The topological polar surface area (TPSA) is 65.9 Å². The van der Waals surface area contributed by atoms with E-state index in [0.717, 1.165) is 24.9 Å². The number of hydrogen-bond acceptors (Lipinski definition) is 3. The first-order chi connectivity index (χ1) is 10.9. The van der Waals surface area contributed by atoms with Crippen molar-refractivity contribution in [3.8, 4) is 0 Å². The van der Waals surface area contributed by atoms with E-state index in [1.165, 1.54) is 5.56 Å². The molecule has 0 saturated carbocycles. The van der Waals surface area contributed by atoms with Gasteiger partial charge in [-0.05, 0) is 44.7 Å². The number of methoxy groups -OCH3 is 1. The lowest BCUT2D eigenvalue weighted by atomic mass is 9.96. The Morgan fingerprint density at radius 3 is 2.78 bits per heavy atom. The van der Waals surface area contributed by atoms with Crippen LogP contribution in [0.2, 0.25) is 0 Å². The van der Waals surface area contributed by atoms with Gasteiger partial charge in [0.25, 0.3) is 0 Å². The summed E-state index contributed by atoms with van der Waals surface area (Å²) in [5.41, 5.74) is 1.13. The molecule has 1 aromatic rings. The molecule has 5 nitrogen and oxygen atoms in total. The Morgan fingerprint density at radius 2 is 2.09 bits per heavy atom. The minimum Gasteiger partial charge on any atom is -0.383 e. The van der Waals surface area contributed by atoms with Crippen LogP contribution in [0.25, 0.3) is 0 Å². The van der Waals surface area contributed by atoms with Gasteiger partial charge in [0.05, 0.1) is 18.7 Å². The smallest absolute Gasteiger partial charge is 0.191 e. The number of benzene rings is 1. The lowest BCUT2D eigenvalue weighted by molar-refractivity contribution is 0.0308. The van der Waals surface area contributed by atoms with Gasteiger partial charge in [0.1, 0.15) is 5.60 Å². The van der Waals surface area contributed by atoms with E-state index in [1.807, 2.05) is 39.0 Å². The molecule has 1 aromatic carbocycles. The highest BCUT2D eigenvalue weighted by molar-refractivity contribution is 5.79.